The highest BCUT2D eigenvalue weighted by atomic mass is 32.2. The molecule has 0 bridgehead atoms. The number of benzene rings is 2. The highest BCUT2D eigenvalue weighted by Crippen LogP contribution is 2.15. The Morgan fingerprint density at radius 3 is 2.55 bits per heavy atom. The molecule has 0 radical (unpaired) electrons. The van der Waals surface area contributed by atoms with Gasteiger partial charge in [-0.25, -0.2) is 9.97 Å². The number of aryl methyl sites for hydroxylation is 1. The first-order valence-electron chi connectivity index (χ1n) is 6.71. The Morgan fingerprint density at radius 2 is 1.77 bits per heavy atom. The summed E-state index contributed by atoms with van der Waals surface area (Å²) in [7, 11) is -3.81. The molecule has 0 saturated heterocycles. The van der Waals surface area contributed by atoms with Crippen molar-refractivity contribution in [1.29, 1.82) is 0 Å². The standard InChI is InChI=1S/C16H14N2O3S/c1-12-6-8-14(9-7-12)22(19,20)21-11-16-17-10-13-4-2-3-5-15(13)18-16/h2-10H,11H2,1H3. The molecule has 0 aliphatic heterocycles. The fourth-order valence-electron chi connectivity index (χ4n) is 1.98. The molecule has 3 aromatic rings. The van der Waals surface area contributed by atoms with E-state index in [4.69, 9.17) is 4.18 Å². The number of rotatable bonds is 4. The predicted molar refractivity (Wildman–Crippen MR) is 82.7 cm³/mol. The van der Waals surface area contributed by atoms with Crippen LogP contribution in [-0.4, -0.2) is 18.4 Å². The van der Waals surface area contributed by atoms with Crippen LogP contribution in [0.15, 0.2) is 59.6 Å². The number of hydrogen-bond donors (Lipinski definition) is 0. The maximum atomic E-state index is 12.1. The highest BCUT2D eigenvalue weighted by molar-refractivity contribution is 7.86. The van der Waals surface area contributed by atoms with Gasteiger partial charge in [0, 0.05) is 11.6 Å². The van der Waals surface area contributed by atoms with Gasteiger partial charge in [0.1, 0.15) is 6.61 Å². The third-order valence-corrected chi connectivity index (χ3v) is 4.47. The fraction of sp³-hybridized carbons (Fsp3) is 0.125. The second-order valence-corrected chi connectivity index (χ2v) is 6.49. The SMILES string of the molecule is Cc1ccc(S(=O)(=O)OCc2ncc3ccccc3n2)cc1. The molecule has 6 heteroatoms. The predicted octanol–water partition coefficient (Wildman–Crippen LogP) is 2.84. The molecular formula is C16H14N2O3S. The molecule has 2 aromatic carbocycles. The fourth-order valence-corrected chi connectivity index (χ4v) is 2.85. The number of fused-ring (bicyclic) bond motifs is 1. The average molecular weight is 314 g/mol. The molecule has 0 aliphatic rings. The van der Waals surface area contributed by atoms with Crippen molar-refractivity contribution < 1.29 is 12.6 Å². The van der Waals surface area contributed by atoms with E-state index in [1.54, 1.807) is 18.3 Å². The molecule has 0 saturated carbocycles. The number of nitrogens with zero attached hydrogens (tertiary/aromatic N) is 2. The summed E-state index contributed by atoms with van der Waals surface area (Å²) in [5, 5.41) is 0.896. The molecule has 0 fully saturated rings. The van der Waals surface area contributed by atoms with Crippen molar-refractivity contribution in [2.75, 3.05) is 0 Å². The lowest BCUT2D eigenvalue weighted by atomic mass is 10.2. The highest BCUT2D eigenvalue weighted by Gasteiger charge is 2.15. The Balaban J connectivity index is 1.79. The van der Waals surface area contributed by atoms with Crippen molar-refractivity contribution in [1.82, 2.24) is 9.97 Å². The summed E-state index contributed by atoms with van der Waals surface area (Å²) in [6.07, 6.45) is 1.65. The molecule has 1 aromatic heterocycles. The Labute approximate surface area is 128 Å². The van der Waals surface area contributed by atoms with Crippen LogP contribution in [0.4, 0.5) is 0 Å². The van der Waals surface area contributed by atoms with Gasteiger partial charge >= 0.3 is 0 Å². The average Bonchev–Trinajstić information content (AvgIpc) is 2.53. The lowest BCUT2D eigenvalue weighted by Gasteiger charge is -2.06. The Hall–Kier alpha value is -2.31. The van der Waals surface area contributed by atoms with Gasteiger partial charge in [0.05, 0.1) is 10.4 Å². The minimum absolute atomic E-state index is 0.124. The number of aromatic nitrogens is 2. The topological polar surface area (TPSA) is 69.2 Å². The van der Waals surface area contributed by atoms with Gasteiger partial charge in [-0.2, -0.15) is 8.42 Å². The van der Waals surface area contributed by atoms with Gasteiger partial charge in [-0.3, -0.25) is 4.18 Å². The summed E-state index contributed by atoms with van der Waals surface area (Å²) >= 11 is 0. The molecular weight excluding hydrogens is 300 g/mol. The first kappa shape index (κ1) is 14.6. The van der Waals surface area contributed by atoms with Crippen molar-refractivity contribution in [3.63, 3.8) is 0 Å². The molecule has 0 aliphatic carbocycles. The summed E-state index contributed by atoms with van der Waals surface area (Å²) in [4.78, 5) is 8.53. The number of hydrogen-bond acceptors (Lipinski definition) is 5. The zero-order chi connectivity index (χ0) is 15.6. The molecule has 5 nitrogen and oxygen atoms in total. The quantitative estimate of drug-likeness (QED) is 0.693. The summed E-state index contributed by atoms with van der Waals surface area (Å²) in [6, 6.07) is 14.0. The van der Waals surface area contributed by atoms with E-state index < -0.39 is 10.1 Å². The Kier molecular flexibility index (Phi) is 3.87. The molecule has 22 heavy (non-hydrogen) atoms. The maximum Gasteiger partial charge on any atom is 0.297 e. The normalized spacial score (nSPS) is 11.7. The second-order valence-electron chi connectivity index (χ2n) is 4.87. The summed E-state index contributed by atoms with van der Waals surface area (Å²) in [5.74, 6) is 0.328. The van der Waals surface area contributed by atoms with Crippen LogP contribution in [0, 0.1) is 6.92 Å². The molecule has 0 N–H and O–H groups in total. The smallest absolute Gasteiger partial charge is 0.258 e. The summed E-state index contributed by atoms with van der Waals surface area (Å²) < 4.78 is 29.2. The molecule has 0 atom stereocenters. The van der Waals surface area contributed by atoms with Crippen LogP contribution in [0.1, 0.15) is 11.4 Å². The van der Waals surface area contributed by atoms with Crippen LogP contribution < -0.4 is 0 Å². The summed E-state index contributed by atoms with van der Waals surface area (Å²) in [6.45, 7) is 1.70. The minimum atomic E-state index is -3.81. The van der Waals surface area contributed by atoms with E-state index in [-0.39, 0.29) is 11.5 Å². The van der Waals surface area contributed by atoms with E-state index >= 15 is 0 Å². The van der Waals surface area contributed by atoms with E-state index in [2.05, 4.69) is 9.97 Å². The van der Waals surface area contributed by atoms with Crippen molar-refractivity contribution in [3.8, 4) is 0 Å². The third kappa shape index (κ3) is 3.13. The van der Waals surface area contributed by atoms with Crippen LogP contribution in [0.2, 0.25) is 0 Å². The summed E-state index contributed by atoms with van der Waals surface area (Å²) in [5.41, 5.74) is 1.74. The minimum Gasteiger partial charge on any atom is -0.258 e. The Bertz CT molecular complexity index is 906. The third-order valence-electron chi connectivity index (χ3n) is 3.19. The van der Waals surface area contributed by atoms with Crippen molar-refractivity contribution in [3.05, 3.63) is 66.1 Å². The van der Waals surface area contributed by atoms with Gasteiger partial charge < -0.3 is 0 Å². The first-order chi connectivity index (χ1) is 10.5. The maximum absolute atomic E-state index is 12.1. The van der Waals surface area contributed by atoms with Gasteiger partial charge in [0.25, 0.3) is 10.1 Å². The van der Waals surface area contributed by atoms with Gasteiger partial charge in [0.2, 0.25) is 0 Å². The lowest BCUT2D eigenvalue weighted by Crippen LogP contribution is -2.08. The van der Waals surface area contributed by atoms with Gasteiger partial charge in [-0.05, 0) is 25.1 Å². The van der Waals surface area contributed by atoms with Crippen molar-refractivity contribution in [2.24, 2.45) is 0 Å². The molecule has 0 amide bonds. The Morgan fingerprint density at radius 1 is 1.05 bits per heavy atom. The largest absolute Gasteiger partial charge is 0.297 e. The molecule has 112 valence electrons. The first-order valence-corrected chi connectivity index (χ1v) is 8.12. The molecule has 0 unspecified atom stereocenters. The van der Waals surface area contributed by atoms with Crippen LogP contribution in [0.3, 0.4) is 0 Å². The number of para-hydroxylation sites is 1. The van der Waals surface area contributed by atoms with Gasteiger partial charge in [-0.15, -0.1) is 0 Å². The van der Waals surface area contributed by atoms with Crippen molar-refractivity contribution >= 4 is 21.0 Å². The van der Waals surface area contributed by atoms with Crippen LogP contribution in [0.5, 0.6) is 0 Å². The van der Waals surface area contributed by atoms with E-state index in [0.717, 1.165) is 16.5 Å². The second kappa shape index (κ2) is 5.82. The van der Waals surface area contributed by atoms with Gasteiger partial charge in [-0.1, -0.05) is 35.9 Å². The van der Waals surface area contributed by atoms with Crippen LogP contribution in [-0.2, 0) is 20.9 Å². The van der Waals surface area contributed by atoms with Gasteiger partial charge in [0.15, 0.2) is 5.82 Å². The van der Waals surface area contributed by atoms with Crippen molar-refractivity contribution in [2.45, 2.75) is 18.4 Å². The monoisotopic (exact) mass is 314 g/mol. The van der Waals surface area contributed by atoms with Crippen LogP contribution in [0.25, 0.3) is 10.9 Å². The van der Waals surface area contributed by atoms with E-state index in [1.165, 1.54) is 12.1 Å². The zero-order valence-electron chi connectivity index (χ0n) is 11.9. The molecule has 0 spiro atoms. The molecule has 1 heterocycles. The molecule has 3 rings (SSSR count). The zero-order valence-corrected chi connectivity index (χ0v) is 12.7. The van der Waals surface area contributed by atoms with E-state index in [1.807, 2.05) is 31.2 Å². The lowest BCUT2D eigenvalue weighted by molar-refractivity contribution is 0.299. The van der Waals surface area contributed by atoms with E-state index in [0.29, 0.717) is 5.82 Å². The van der Waals surface area contributed by atoms with E-state index in [9.17, 15) is 8.42 Å². The van der Waals surface area contributed by atoms with Crippen LogP contribution >= 0.6 is 0 Å².